The molecule has 2 N–H and O–H groups in total. The van der Waals surface area contributed by atoms with Crippen LogP contribution in [0.5, 0.6) is 5.75 Å². The third-order valence-electron chi connectivity index (χ3n) is 6.99. The van der Waals surface area contributed by atoms with Gasteiger partial charge in [0.15, 0.2) is 16.1 Å². The van der Waals surface area contributed by atoms with Crippen molar-refractivity contribution in [3.05, 3.63) is 54.2 Å². The van der Waals surface area contributed by atoms with Gasteiger partial charge in [0.1, 0.15) is 11.4 Å². The minimum absolute atomic E-state index is 0.262. The molecular weight excluding hydrogens is 512 g/mol. The van der Waals surface area contributed by atoms with Gasteiger partial charge in [-0.1, -0.05) is 19.1 Å². The van der Waals surface area contributed by atoms with Crippen molar-refractivity contribution < 1.29 is 27.0 Å². The van der Waals surface area contributed by atoms with Gasteiger partial charge in [-0.15, -0.1) is 0 Å². The molecule has 202 valence electrons. The van der Waals surface area contributed by atoms with Crippen LogP contribution in [0.2, 0.25) is 0 Å². The van der Waals surface area contributed by atoms with E-state index in [1.54, 1.807) is 31.3 Å². The molecule has 0 bridgehead atoms. The van der Waals surface area contributed by atoms with E-state index < -0.39 is 22.5 Å². The first-order valence-electron chi connectivity index (χ1n) is 12.8. The van der Waals surface area contributed by atoms with E-state index in [4.69, 9.17) is 4.74 Å². The molecule has 1 unspecified atom stereocenters. The summed E-state index contributed by atoms with van der Waals surface area (Å²) in [7, 11) is -3.34. The predicted molar refractivity (Wildman–Crippen MR) is 143 cm³/mol. The van der Waals surface area contributed by atoms with Crippen molar-refractivity contribution in [3.8, 4) is 16.9 Å². The highest BCUT2D eigenvalue weighted by molar-refractivity contribution is 7.92. The lowest BCUT2D eigenvalue weighted by molar-refractivity contribution is -0.0994. The second kappa shape index (κ2) is 10.6. The van der Waals surface area contributed by atoms with Gasteiger partial charge in [0.2, 0.25) is 0 Å². The number of pyridine rings is 1. The quantitative estimate of drug-likeness (QED) is 0.197. The first kappa shape index (κ1) is 26.5. The normalized spacial score (nSPS) is 15.1. The lowest BCUT2D eigenvalue weighted by Gasteiger charge is -2.25. The van der Waals surface area contributed by atoms with Gasteiger partial charge in [-0.3, -0.25) is 4.90 Å². The summed E-state index contributed by atoms with van der Waals surface area (Å²) in [4.78, 5) is 9.52. The summed E-state index contributed by atoms with van der Waals surface area (Å²) in [5.41, 5.74) is 4.03. The number of aliphatic hydroxyl groups excluding tert-OH is 1. The third kappa shape index (κ3) is 5.12. The zero-order chi connectivity index (χ0) is 27.0. The van der Waals surface area contributed by atoms with Crippen molar-refractivity contribution in [2.24, 2.45) is 0 Å². The Morgan fingerprint density at radius 3 is 2.71 bits per heavy atom. The number of ether oxygens (including phenoxy) is 1. The Kier molecular flexibility index (Phi) is 7.39. The topological polar surface area (TPSA) is 95.5 Å². The SMILES string of the molecule is CCN(CCCOc1ccc(-c2cccc(S(=O)(=O)C3CC3)c2)c2c1[nH]c1ncc(C)cc12)C(O)C(F)F. The summed E-state index contributed by atoms with van der Waals surface area (Å²) in [6, 6.07) is 12.8. The van der Waals surface area contributed by atoms with Crippen LogP contribution in [0.15, 0.2) is 53.6 Å². The molecule has 2 aromatic carbocycles. The van der Waals surface area contributed by atoms with E-state index in [-0.39, 0.29) is 18.4 Å². The molecule has 2 heterocycles. The zero-order valence-corrected chi connectivity index (χ0v) is 22.1. The van der Waals surface area contributed by atoms with Gasteiger partial charge < -0.3 is 14.8 Å². The van der Waals surface area contributed by atoms with Gasteiger partial charge in [-0.2, -0.15) is 0 Å². The number of hydrogen-bond donors (Lipinski definition) is 2. The highest BCUT2D eigenvalue weighted by atomic mass is 32.2. The Hall–Kier alpha value is -3.08. The largest absolute Gasteiger partial charge is 0.491 e. The number of halogens is 2. The number of rotatable bonds is 11. The number of benzene rings is 2. The molecule has 1 aliphatic rings. The van der Waals surface area contributed by atoms with Crippen LogP contribution >= 0.6 is 0 Å². The molecule has 0 saturated heterocycles. The van der Waals surface area contributed by atoms with E-state index in [1.807, 2.05) is 31.2 Å². The van der Waals surface area contributed by atoms with Crippen molar-refractivity contribution in [1.29, 1.82) is 0 Å². The number of H-pyrrole nitrogens is 1. The maximum atomic E-state index is 12.9. The monoisotopic (exact) mass is 543 g/mol. The van der Waals surface area contributed by atoms with Gasteiger partial charge in [0.05, 0.1) is 22.3 Å². The molecule has 0 amide bonds. The minimum atomic E-state index is -3.34. The molecule has 5 rings (SSSR count). The van der Waals surface area contributed by atoms with E-state index in [0.29, 0.717) is 42.1 Å². The fourth-order valence-corrected chi connectivity index (χ4v) is 6.53. The molecule has 0 radical (unpaired) electrons. The maximum absolute atomic E-state index is 12.9. The molecule has 4 aromatic rings. The first-order chi connectivity index (χ1) is 18.2. The van der Waals surface area contributed by atoms with Crippen molar-refractivity contribution in [2.75, 3.05) is 19.7 Å². The summed E-state index contributed by atoms with van der Waals surface area (Å²) in [6.07, 6.45) is -1.01. The molecule has 0 spiro atoms. The van der Waals surface area contributed by atoms with Gasteiger partial charge in [-0.25, -0.2) is 22.2 Å². The molecule has 10 heteroatoms. The number of aromatic amines is 1. The summed E-state index contributed by atoms with van der Waals surface area (Å²) >= 11 is 0. The second-order valence-corrected chi connectivity index (χ2v) is 12.0. The van der Waals surface area contributed by atoms with Crippen molar-refractivity contribution in [1.82, 2.24) is 14.9 Å². The summed E-state index contributed by atoms with van der Waals surface area (Å²) in [5.74, 6) is 0.582. The Bertz CT molecular complexity index is 1570. The van der Waals surface area contributed by atoms with Crippen molar-refractivity contribution >= 4 is 31.8 Å². The molecule has 7 nitrogen and oxygen atoms in total. The van der Waals surface area contributed by atoms with Crippen molar-refractivity contribution in [2.45, 2.75) is 55.9 Å². The fourth-order valence-electron chi connectivity index (χ4n) is 4.82. The van der Waals surface area contributed by atoms with Crippen LogP contribution in [0.4, 0.5) is 8.78 Å². The summed E-state index contributed by atoms with van der Waals surface area (Å²) < 4.78 is 57.7. The number of fused-ring (bicyclic) bond motifs is 3. The van der Waals surface area contributed by atoms with Crippen molar-refractivity contribution in [3.63, 3.8) is 0 Å². The lowest BCUT2D eigenvalue weighted by Crippen LogP contribution is -2.41. The van der Waals surface area contributed by atoms with E-state index in [9.17, 15) is 22.3 Å². The van der Waals surface area contributed by atoms with Crippen LogP contribution in [0.25, 0.3) is 33.1 Å². The Morgan fingerprint density at radius 1 is 1.21 bits per heavy atom. The summed E-state index contributed by atoms with van der Waals surface area (Å²) in [6.45, 7) is 4.50. The van der Waals surface area contributed by atoms with Gasteiger partial charge >= 0.3 is 0 Å². The number of sulfone groups is 1. The zero-order valence-electron chi connectivity index (χ0n) is 21.3. The minimum Gasteiger partial charge on any atom is -0.491 e. The lowest BCUT2D eigenvalue weighted by atomic mass is 9.99. The molecular formula is C28H31F2N3O4S. The first-order valence-corrected chi connectivity index (χ1v) is 14.3. The molecule has 1 fully saturated rings. The average Bonchev–Trinajstić information content (AvgIpc) is 3.70. The van der Waals surface area contributed by atoms with Crippen LogP contribution in [-0.4, -0.2) is 66.0 Å². The second-order valence-electron chi connectivity index (χ2n) is 9.75. The number of nitrogens with zero attached hydrogens (tertiary/aromatic N) is 2. The van der Waals surface area contributed by atoms with E-state index in [2.05, 4.69) is 9.97 Å². The van der Waals surface area contributed by atoms with E-state index in [0.717, 1.165) is 33.0 Å². The standard InChI is InChI=1S/C28H31F2N3O4S/c1-3-33(28(34)26(29)30)12-5-13-37-23-11-10-21(24-22-14-17(2)16-31-27(22)32-25(23)24)18-6-4-7-20(15-18)38(35,36)19-8-9-19/h4,6-7,10-11,14-16,19,26,28,34H,3,5,8-9,12-13H2,1-2H3,(H,31,32). The number of alkyl halides is 2. The van der Waals surface area contributed by atoms with Crippen LogP contribution < -0.4 is 4.74 Å². The van der Waals surface area contributed by atoms with Crippen LogP contribution in [-0.2, 0) is 9.84 Å². The maximum Gasteiger partial charge on any atom is 0.277 e. The molecule has 2 aromatic heterocycles. The summed E-state index contributed by atoms with van der Waals surface area (Å²) in [5, 5.41) is 11.2. The highest BCUT2D eigenvalue weighted by Crippen LogP contribution is 2.40. The number of aromatic nitrogens is 2. The molecule has 38 heavy (non-hydrogen) atoms. The Balaban J connectivity index is 1.49. The van der Waals surface area contributed by atoms with Gasteiger partial charge in [-0.05, 0) is 79.8 Å². The third-order valence-corrected chi connectivity index (χ3v) is 9.25. The van der Waals surface area contributed by atoms with E-state index >= 15 is 0 Å². The molecule has 1 atom stereocenters. The Morgan fingerprint density at radius 2 is 2.00 bits per heavy atom. The van der Waals surface area contributed by atoms with Crippen LogP contribution in [0, 0.1) is 6.92 Å². The molecule has 0 aliphatic heterocycles. The fraction of sp³-hybridized carbons (Fsp3) is 0.393. The molecule has 1 saturated carbocycles. The number of aliphatic hydroxyl groups is 1. The van der Waals surface area contributed by atoms with Gasteiger partial charge in [0.25, 0.3) is 6.43 Å². The molecule has 1 aliphatic carbocycles. The van der Waals surface area contributed by atoms with E-state index in [1.165, 1.54) is 4.90 Å². The van der Waals surface area contributed by atoms with Crippen LogP contribution in [0.3, 0.4) is 0 Å². The number of nitrogens with one attached hydrogen (secondary N) is 1. The Labute approximate surface area is 220 Å². The average molecular weight is 544 g/mol. The smallest absolute Gasteiger partial charge is 0.277 e. The predicted octanol–water partition coefficient (Wildman–Crippen LogP) is 5.30. The van der Waals surface area contributed by atoms with Gasteiger partial charge in [0, 0.05) is 23.5 Å². The van der Waals surface area contributed by atoms with Crippen LogP contribution in [0.1, 0.15) is 31.7 Å². The number of aryl methyl sites for hydroxylation is 1. The highest BCUT2D eigenvalue weighted by Gasteiger charge is 2.37. The number of hydrogen-bond acceptors (Lipinski definition) is 6.